The molecule has 0 saturated carbocycles. The summed E-state index contributed by atoms with van der Waals surface area (Å²) in [6.45, 7) is 5.48. The normalized spacial score (nSPS) is 15.9. The Kier molecular flexibility index (Phi) is 7.99. The molecule has 14 heavy (non-hydrogen) atoms. The number of nitrogens with one attached hydrogen (secondary N) is 1. The van der Waals surface area contributed by atoms with Gasteiger partial charge in [-0.1, -0.05) is 6.92 Å². The maximum absolute atomic E-state index is 11.8. The van der Waals surface area contributed by atoms with Gasteiger partial charge in [0.25, 0.3) is 0 Å². The summed E-state index contributed by atoms with van der Waals surface area (Å²) in [5.74, 6) is 0.409. The van der Waals surface area contributed by atoms with Crippen LogP contribution in [0, 0.1) is 5.92 Å². The van der Waals surface area contributed by atoms with Gasteiger partial charge in [0.2, 0.25) is 6.43 Å². The van der Waals surface area contributed by atoms with Gasteiger partial charge in [-0.15, -0.1) is 0 Å². The third-order valence-electron chi connectivity index (χ3n) is 2.35. The Morgan fingerprint density at radius 1 is 1.29 bits per heavy atom. The van der Waals surface area contributed by atoms with Gasteiger partial charge in [-0.05, 0) is 25.8 Å². The first kappa shape index (κ1) is 13.8. The molecule has 0 fully saturated rings. The maximum Gasteiger partial charge on any atom is 0.238 e. The van der Waals surface area contributed by atoms with E-state index in [1.54, 1.807) is 7.11 Å². The second-order valence-electron chi connectivity index (χ2n) is 3.71. The van der Waals surface area contributed by atoms with E-state index < -0.39 is 6.43 Å². The van der Waals surface area contributed by atoms with E-state index in [9.17, 15) is 8.78 Å². The van der Waals surface area contributed by atoms with E-state index in [2.05, 4.69) is 12.2 Å². The summed E-state index contributed by atoms with van der Waals surface area (Å²) in [6.07, 6.45) is -1.66. The highest BCUT2D eigenvalue weighted by Crippen LogP contribution is 2.04. The summed E-state index contributed by atoms with van der Waals surface area (Å²) in [6, 6.07) is 0.313. The molecule has 0 heterocycles. The molecule has 0 rings (SSSR count). The standard InChI is InChI=1S/C10H21F2NO/c1-8(7-14-3)9(2)13-6-4-5-10(11)12/h8-10,13H,4-7H2,1-3H3. The Bertz CT molecular complexity index is 133. The highest BCUT2D eigenvalue weighted by molar-refractivity contribution is 4.67. The van der Waals surface area contributed by atoms with E-state index in [4.69, 9.17) is 4.74 Å². The molecule has 1 N–H and O–H groups in total. The van der Waals surface area contributed by atoms with Crippen LogP contribution in [0.3, 0.4) is 0 Å². The first-order valence-electron chi connectivity index (χ1n) is 5.08. The molecule has 0 saturated heterocycles. The Morgan fingerprint density at radius 3 is 2.43 bits per heavy atom. The van der Waals surface area contributed by atoms with Crippen LogP contribution in [0.1, 0.15) is 26.7 Å². The van der Waals surface area contributed by atoms with Crippen LogP contribution in [-0.2, 0) is 4.74 Å². The monoisotopic (exact) mass is 209 g/mol. The number of rotatable bonds is 8. The van der Waals surface area contributed by atoms with E-state index in [1.807, 2.05) is 6.92 Å². The molecule has 0 aromatic carbocycles. The molecule has 4 heteroatoms. The quantitative estimate of drug-likeness (QED) is 0.619. The summed E-state index contributed by atoms with van der Waals surface area (Å²) in [5, 5.41) is 3.21. The SMILES string of the molecule is COCC(C)C(C)NCCCC(F)F. The second-order valence-corrected chi connectivity index (χ2v) is 3.71. The largest absolute Gasteiger partial charge is 0.384 e. The summed E-state index contributed by atoms with van der Waals surface area (Å²) in [4.78, 5) is 0. The molecule has 0 aromatic rings. The molecule has 0 aliphatic heterocycles. The third kappa shape index (κ3) is 7.21. The number of hydrogen-bond donors (Lipinski definition) is 1. The molecule has 0 aliphatic carbocycles. The Hall–Kier alpha value is -0.220. The first-order valence-corrected chi connectivity index (χ1v) is 5.08. The smallest absolute Gasteiger partial charge is 0.238 e. The van der Waals surface area contributed by atoms with Crippen molar-refractivity contribution in [2.45, 2.75) is 39.2 Å². The van der Waals surface area contributed by atoms with E-state index >= 15 is 0 Å². The number of methoxy groups -OCH3 is 1. The molecular weight excluding hydrogens is 188 g/mol. The summed E-state index contributed by atoms with van der Waals surface area (Å²) in [5.41, 5.74) is 0. The lowest BCUT2D eigenvalue weighted by atomic mass is 10.1. The number of hydrogen-bond acceptors (Lipinski definition) is 2. The molecule has 2 unspecified atom stereocenters. The maximum atomic E-state index is 11.8. The lowest BCUT2D eigenvalue weighted by Gasteiger charge is -2.20. The molecule has 2 nitrogen and oxygen atoms in total. The van der Waals surface area contributed by atoms with Gasteiger partial charge >= 0.3 is 0 Å². The van der Waals surface area contributed by atoms with Crippen molar-refractivity contribution in [2.75, 3.05) is 20.3 Å². The lowest BCUT2D eigenvalue weighted by Crippen LogP contribution is -2.35. The fraction of sp³-hybridized carbons (Fsp3) is 1.00. The Labute approximate surface area is 85.0 Å². The zero-order valence-electron chi connectivity index (χ0n) is 9.22. The number of halogens is 2. The number of alkyl halides is 2. The van der Waals surface area contributed by atoms with Crippen LogP contribution in [0.15, 0.2) is 0 Å². The van der Waals surface area contributed by atoms with E-state index in [0.717, 1.165) is 0 Å². The Morgan fingerprint density at radius 2 is 1.93 bits per heavy atom. The van der Waals surface area contributed by atoms with Crippen LogP contribution in [0.5, 0.6) is 0 Å². The average molecular weight is 209 g/mol. The topological polar surface area (TPSA) is 21.3 Å². The zero-order chi connectivity index (χ0) is 11.0. The molecule has 0 bridgehead atoms. The molecular formula is C10H21F2NO. The highest BCUT2D eigenvalue weighted by Gasteiger charge is 2.11. The van der Waals surface area contributed by atoms with Crippen LogP contribution in [-0.4, -0.2) is 32.7 Å². The van der Waals surface area contributed by atoms with Gasteiger partial charge in [-0.3, -0.25) is 0 Å². The summed E-state index contributed by atoms with van der Waals surface area (Å²) in [7, 11) is 1.67. The van der Waals surface area contributed by atoms with E-state index in [1.165, 1.54) is 0 Å². The predicted octanol–water partition coefficient (Wildman–Crippen LogP) is 2.29. The van der Waals surface area contributed by atoms with Crippen molar-refractivity contribution < 1.29 is 13.5 Å². The highest BCUT2D eigenvalue weighted by atomic mass is 19.3. The van der Waals surface area contributed by atoms with Gasteiger partial charge in [-0.25, -0.2) is 8.78 Å². The molecule has 0 aliphatic rings. The first-order chi connectivity index (χ1) is 6.57. The molecule has 86 valence electrons. The molecule has 0 radical (unpaired) electrons. The van der Waals surface area contributed by atoms with E-state index in [-0.39, 0.29) is 6.42 Å². The van der Waals surface area contributed by atoms with Gasteiger partial charge in [0.15, 0.2) is 0 Å². The van der Waals surface area contributed by atoms with Crippen molar-refractivity contribution in [1.29, 1.82) is 0 Å². The number of ether oxygens (including phenoxy) is 1. The van der Waals surface area contributed by atoms with Crippen molar-refractivity contribution in [2.24, 2.45) is 5.92 Å². The van der Waals surface area contributed by atoms with Crippen LogP contribution >= 0.6 is 0 Å². The predicted molar refractivity (Wildman–Crippen MR) is 53.7 cm³/mol. The van der Waals surface area contributed by atoms with Gasteiger partial charge < -0.3 is 10.1 Å². The van der Waals surface area contributed by atoms with Gasteiger partial charge in [0.1, 0.15) is 0 Å². The third-order valence-corrected chi connectivity index (χ3v) is 2.35. The molecule has 0 amide bonds. The second kappa shape index (κ2) is 8.12. The van der Waals surface area contributed by atoms with Crippen LogP contribution in [0.25, 0.3) is 0 Å². The van der Waals surface area contributed by atoms with E-state index in [0.29, 0.717) is 31.5 Å². The average Bonchev–Trinajstić information content (AvgIpc) is 2.12. The van der Waals surface area contributed by atoms with Crippen LogP contribution < -0.4 is 5.32 Å². The molecule has 0 aromatic heterocycles. The molecule has 0 spiro atoms. The van der Waals surface area contributed by atoms with Gasteiger partial charge in [0, 0.05) is 19.6 Å². The summed E-state index contributed by atoms with van der Waals surface area (Å²) < 4.78 is 28.6. The van der Waals surface area contributed by atoms with Gasteiger partial charge in [-0.2, -0.15) is 0 Å². The molecule has 2 atom stereocenters. The fourth-order valence-corrected chi connectivity index (χ4v) is 1.19. The minimum Gasteiger partial charge on any atom is -0.384 e. The van der Waals surface area contributed by atoms with Crippen LogP contribution in [0.4, 0.5) is 8.78 Å². The minimum absolute atomic E-state index is 0.0155. The van der Waals surface area contributed by atoms with Crippen molar-refractivity contribution in [1.82, 2.24) is 5.32 Å². The zero-order valence-corrected chi connectivity index (χ0v) is 9.22. The minimum atomic E-state index is -2.18. The van der Waals surface area contributed by atoms with Crippen LogP contribution in [0.2, 0.25) is 0 Å². The van der Waals surface area contributed by atoms with Crippen molar-refractivity contribution >= 4 is 0 Å². The van der Waals surface area contributed by atoms with Crippen molar-refractivity contribution in [3.63, 3.8) is 0 Å². The van der Waals surface area contributed by atoms with Crippen molar-refractivity contribution in [3.05, 3.63) is 0 Å². The Balaban J connectivity index is 3.38. The van der Waals surface area contributed by atoms with Crippen molar-refractivity contribution in [3.8, 4) is 0 Å². The van der Waals surface area contributed by atoms with Gasteiger partial charge in [0.05, 0.1) is 6.61 Å². The fourth-order valence-electron chi connectivity index (χ4n) is 1.19. The summed E-state index contributed by atoms with van der Waals surface area (Å²) >= 11 is 0. The lowest BCUT2D eigenvalue weighted by molar-refractivity contribution is 0.130.